The van der Waals surface area contributed by atoms with E-state index < -0.39 is 0 Å². The van der Waals surface area contributed by atoms with Crippen molar-refractivity contribution < 1.29 is 4.42 Å². The number of fused-ring (bicyclic) bond motifs is 8. The Bertz CT molecular complexity index is 2510. The number of aromatic nitrogens is 3. The lowest BCUT2D eigenvalue weighted by Gasteiger charge is -2.11. The van der Waals surface area contributed by atoms with Gasteiger partial charge in [-0.2, -0.15) is 0 Å². The maximum Gasteiger partial charge on any atom is 0.164 e. The van der Waals surface area contributed by atoms with E-state index in [0.29, 0.717) is 17.5 Å². The molecule has 0 aliphatic rings. The number of hydrogen-bond donors (Lipinski definition) is 0. The van der Waals surface area contributed by atoms with Crippen LogP contribution in [0.3, 0.4) is 0 Å². The molecule has 0 saturated heterocycles. The molecule has 0 aliphatic heterocycles. The van der Waals surface area contributed by atoms with Crippen molar-refractivity contribution in [2.45, 2.75) is 0 Å². The number of hydrogen-bond acceptors (Lipinski definition) is 4. The lowest BCUT2D eigenvalue weighted by atomic mass is 9.95. The summed E-state index contributed by atoms with van der Waals surface area (Å²) in [5.41, 5.74) is 4.46. The zero-order valence-electron chi connectivity index (χ0n) is 23.0. The highest BCUT2D eigenvalue weighted by atomic mass is 16.3. The van der Waals surface area contributed by atoms with Gasteiger partial charge in [0, 0.05) is 27.5 Å². The Morgan fingerprint density at radius 3 is 1.91 bits per heavy atom. The Kier molecular flexibility index (Phi) is 5.16. The van der Waals surface area contributed by atoms with Crippen LogP contribution in [0.4, 0.5) is 0 Å². The maximum atomic E-state index is 6.19. The van der Waals surface area contributed by atoms with Gasteiger partial charge in [0.15, 0.2) is 17.5 Å². The second-order valence-electron chi connectivity index (χ2n) is 10.8. The van der Waals surface area contributed by atoms with Crippen LogP contribution in [0.15, 0.2) is 144 Å². The van der Waals surface area contributed by atoms with Crippen molar-refractivity contribution in [1.29, 1.82) is 0 Å². The van der Waals surface area contributed by atoms with Gasteiger partial charge >= 0.3 is 0 Å². The van der Waals surface area contributed by atoms with Crippen LogP contribution in [-0.4, -0.2) is 15.0 Å². The van der Waals surface area contributed by atoms with Gasteiger partial charge in [0.2, 0.25) is 0 Å². The number of rotatable bonds is 3. The monoisotopic (exact) mass is 549 g/mol. The second kappa shape index (κ2) is 9.33. The summed E-state index contributed by atoms with van der Waals surface area (Å²) in [6.07, 6.45) is 0. The summed E-state index contributed by atoms with van der Waals surface area (Å²) in [6, 6.07) is 48.1. The van der Waals surface area contributed by atoms with Crippen molar-refractivity contribution in [2.75, 3.05) is 0 Å². The first kappa shape index (κ1) is 23.8. The number of benzene rings is 7. The Morgan fingerprint density at radius 1 is 0.372 bits per heavy atom. The van der Waals surface area contributed by atoms with E-state index in [0.717, 1.165) is 44.0 Å². The second-order valence-corrected chi connectivity index (χ2v) is 10.8. The van der Waals surface area contributed by atoms with Gasteiger partial charge in [0.1, 0.15) is 11.2 Å². The van der Waals surface area contributed by atoms with Crippen LogP contribution in [-0.2, 0) is 0 Å². The minimum atomic E-state index is 0.616. The molecule has 0 atom stereocenters. The van der Waals surface area contributed by atoms with E-state index in [2.05, 4.69) is 78.9 Å². The third kappa shape index (κ3) is 3.81. The fourth-order valence-corrected chi connectivity index (χ4v) is 6.28. The first-order chi connectivity index (χ1) is 21.3. The van der Waals surface area contributed by atoms with Gasteiger partial charge < -0.3 is 4.42 Å². The van der Waals surface area contributed by atoms with Crippen LogP contribution in [0.2, 0.25) is 0 Å². The molecule has 0 N–H and O–H groups in total. The van der Waals surface area contributed by atoms with Crippen molar-refractivity contribution in [3.05, 3.63) is 140 Å². The van der Waals surface area contributed by atoms with Crippen LogP contribution in [0.25, 0.3) is 88.4 Å². The molecular weight excluding hydrogens is 526 g/mol. The smallest absolute Gasteiger partial charge is 0.164 e. The molecule has 2 aromatic heterocycles. The molecular formula is C39H23N3O. The Balaban J connectivity index is 1.29. The molecule has 0 unspecified atom stereocenters. The summed E-state index contributed by atoms with van der Waals surface area (Å²) >= 11 is 0. The quantitative estimate of drug-likeness (QED) is 0.206. The van der Waals surface area contributed by atoms with Gasteiger partial charge in [-0.1, -0.05) is 121 Å². The van der Waals surface area contributed by atoms with Gasteiger partial charge in [-0.25, -0.2) is 15.0 Å². The number of para-hydroxylation sites is 1. The summed E-state index contributed by atoms with van der Waals surface area (Å²) in [6.45, 7) is 0. The summed E-state index contributed by atoms with van der Waals surface area (Å²) in [5.74, 6) is 1.88. The van der Waals surface area contributed by atoms with E-state index in [1.807, 2.05) is 60.7 Å². The third-order valence-electron chi connectivity index (χ3n) is 8.29. The molecule has 0 saturated carbocycles. The molecule has 9 aromatic rings. The van der Waals surface area contributed by atoms with Crippen LogP contribution in [0.1, 0.15) is 0 Å². The zero-order chi connectivity index (χ0) is 28.3. The van der Waals surface area contributed by atoms with E-state index in [1.54, 1.807) is 0 Å². The standard InChI is InChI=1S/C39H23N3O/c1-2-10-26(11-3-1)37-40-38(42-39(41-37)32-14-8-16-34-36(32)31-13-6-7-15-33(31)43-34)28-21-22-30-27(23-28)20-19-25-18-17-24-9-4-5-12-29(24)35(25)30/h1-23H. The highest BCUT2D eigenvalue weighted by Crippen LogP contribution is 2.37. The summed E-state index contributed by atoms with van der Waals surface area (Å²) < 4.78 is 6.19. The van der Waals surface area contributed by atoms with Crippen molar-refractivity contribution >= 4 is 54.3 Å². The van der Waals surface area contributed by atoms with E-state index >= 15 is 0 Å². The van der Waals surface area contributed by atoms with Crippen molar-refractivity contribution in [1.82, 2.24) is 15.0 Å². The molecule has 0 bridgehead atoms. The molecule has 0 aliphatic carbocycles. The van der Waals surface area contributed by atoms with Gasteiger partial charge in [0.05, 0.1) is 0 Å². The van der Waals surface area contributed by atoms with Crippen LogP contribution in [0.5, 0.6) is 0 Å². The molecule has 0 spiro atoms. The molecule has 0 radical (unpaired) electrons. The minimum absolute atomic E-state index is 0.616. The van der Waals surface area contributed by atoms with E-state index in [-0.39, 0.29) is 0 Å². The summed E-state index contributed by atoms with van der Waals surface area (Å²) in [5, 5.41) is 9.40. The normalized spacial score (nSPS) is 11.7. The average molecular weight is 550 g/mol. The molecule has 2 heterocycles. The molecule has 0 fully saturated rings. The van der Waals surface area contributed by atoms with Crippen molar-refractivity contribution in [3.63, 3.8) is 0 Å². The largest absolute Gasteiger partial charge is 0.456 e. The fourth-order valence-electron chi connectivity index (χ4n) is 6.28. The highest BCUT2D eigenvalue weighted by molar-refractivity contribution is 6.20. The Hall–Kier alpha value is -5.87. The van der Waals surface area contributed by atoms with E-state index in [4.69, 9.17) is 19.4 Å². The molecule has 200 valence electrons. The highest BCUT2D eigenvalue weighted by Gasteiger charge is 2.18. The Labute approximate surface area is 246 Å². The SMILES string of the molecule is c1ccc(-c2nc(-c3ccc4c(ccc5ccc6ccccc6c54)c3)nc(-c3cccc4oc5ccccc5c34)n2)cc1. The van der Waals surface area contributed by atoms with Gasteiger partial charge in [-0.3, -0.25) is 0 Å². The molecule has 43 heavy (non-hydrogen) atoms. The lowest BCUT2D eigenvalue weighted by Crippen LogP contribution is -2.00. The summed E-state index contributed by atoms with van der Waals surface area (Å²) in [4.78, 5) is 15.1. The molecule has 4 heteroatoms. The predicted molar refractivity (Wildman–Crippen MR) is 176 cm³/mol. The van der Waals surface area contributed by atoms with Gasteiger partial charge in [0.25, 0.3) is 0 Å². The fraction of sp³-hybridized carbons (Fsp3) is 0. The molecule has 7 aromatic carbocycles. The topological polar surface area (TPSA) is 51.8 Å². The lowest BCUT2D eigenvalue weighted by molar-refractivity contribution is 0.669. The predicted octanol–water partition coefficient (Wildman–Crippen LogP) is 10.2. The minimum Gasteiger partial charge on any atom is -0.456 e. The third-order valence-corrected chi connectivity index (χ3v) is 8.29. The number of nitrogens with zero attached hydrogens (tertiary/aromatic N) is 3. The maximum absolute atomic E-state index is 6.19. The van der Waals surface area contributed by atoms with Crippen molar-refractivity contribution in [3.8, 4) is 34.2 Å². The average Bonchev–Trinajstić information content (AvgIpc) is 3.47. The first-order valence-electron chi connectivity index (χ1n) is 14.4. The molecule has 9 rings (SSSR count). The summed E-state index contributed by atoms with van der Waals surface area (Å²) in [7, 11) is 0. The van der Waals surface area contributed by atoms with Crippen LogP contribution in [0, 0.1) is 0 Å². The Morgan fingerprint density at radius 2 is 1.02 bits per heavy atom. The van der Waals surface area contributed by atoms with Crippen LogP contribution < -0.4 is 0 Å². The van der Waals surface area contributed by atoms with E-state index in [9.17, 15) is 0 Å². The van der Waals surface area contributed by atoms with Crippen molar-refractivity contribution in [2.24, 2.45) is 0 Å². The first-order valence-corrected chi connectivity index (χ1v) is 14.4. The van der Waals surface area contributed by atoms with Gasteiger partial charge in [-0.05, 0) is 50.5 Å². The van der Waals surface area contributed by atoms with E-state index in [1.165, 1.54) is 26.9 Å². The van der Waals surface area contributed by atoms with Crippen LogP contribution >= 0.6 is 0 Å². The molecule has 4 nitrogen and oxygen atoms in total. The number of furan rings is 1. The molecule has 0 amide bonds. The zero-order valence-corrected chi connectivity index (χ0v) is 23.0. The van der Waals surface area contributed by atoms with Gasteiger partial charge in [-0.15, -0.1) is 0 Å².